The smallest absolute Gasteiger partial charge is 0.265 e. The van der Waals surface area contributed by atoms with Crippen LogP contribution in [0.2, 0.25) is 5.02 Å². The molecule has 0 bridgehead atoms. The Kier molecular flexibility index (Phi) is 4.98. The van der Waals surface area contributed by atoms with Crippen LogP contribution in [0.4, 0.5) is 0 Å². The zero-order valence-electron chi connectivity index (χ0n) is 14.7. The summed E-state index contributed by atoms with van der Waals surface area (Å²) in [4.78, 5) is 17.9. The van der Waals surface area contributed by atoms with E-state index in [1.54, 1.807) is 0 Å². The average Bonchev–Trinajstić information content (AvgIpc) is 2.99. The van der Waals surface area contributed by atoms with Crippen molar-refractivity contribution < 1.29 is 4.79 Å². The number of benzene rings is 2. The maximum absolute atomic E-state index is 12.9. The summed E-state index contributed by atoms with van der Waals surface area (Å²) in [5.41, 5.74) is 2.62. The number of halogens is 1. The standard InChI is InChI=1S/C21H21ClN2OS/c1-15-5-4-6-16(13-15)14-23-9-11-24(12-10-23)21(25)20-19(22)17-7-2-3-8-18(17)26-20/h2-8,13H,9-12,14H2,1H3. The molecule has 26 heavy (non-hydrogen) atoms. The molecule has 1 fully saturated rings. The van der Waals surface area contributed by atoms with Gasteiger partial charge in [-0.15, -0.1) is 11.3 Å². The van der Waals surface area contributed by atoms with Crippen molar-refractivity contribution in [1.29, 1.82) is 0 Å². The normalized spacial score (nSPS) is 15.5. The molecule has 5 heteroatoms. The largest absolute Gasteiger partial charge is 0.335 e. The number of rotatable bonds is 3. The molecule has 2 aromatic carbocycles. The minimum atomic E-state index is 0.0615. The van der Waals surface area contributed by atoms with Crippen LogP contribution < -0.4 is 0 Å². The maximum atomic E-state index is 12.9. The number of hydrogen-bond donors (Lipinski definition) is 0. The van der Waals surface area contributed by atoms with Crippen molar-refractivity contribution >= 4 is 38.9 Å². The first-order valence-corrected chi connectivity index (χ1v) is 10.1. The lowest BCUT2D eigenvalue weighted by Gasteiger charge is -2.34. The molecule has 0 saturated carbocycles. The summed E-state index contributed by atoms with van der Waals surface area (Å²) in [5.74, 6) is 0.0615. The van der Waals surface area contributed by atoms with Crippen LogP contribution in [0, 0.1) is 6.92 Å². The minimum absolute atomic E-state index is 0.0615. The molecule has 0 unspecified atom stereocenters. The maximum Gasteiger partial charge on any atom is 0.265 e. The zero-order chi connectivity index (χ0) is 18.1. The van der Waals surface area contributed by atoms with E-state index in [1.165, 1.54) is 22.5 Å². The van der Waals surface area contributed by atoms with Crippen LogP contribution in [-0.4, -0.2) is 41.9 Å². The van der Waals surface area contributed by atoms with Gasteiger partial charge in [-0.2, -0.15) is 0 Å². The van der Waals surface area contributed by atoms with E-state index >= 15 is 0 Å². The van der Waals surface area contributed by atoms with E-state index < -0.39 is 0 Å². The van der Waals surface area contributed by atoms with Gasteiger partial charge >= 0.3 is 0 Å². The number of thiophene rings is 1. The molecule has 4 rings (SSSR count). The highest BCUT2D eigenvalue weighted by Gasteiger charge is 2.26. The summed E-state index contributed by atoms with van der Waals surface area (Å²) < 4.78 is 1.07. The quantitative estimate of drug-likeness (QED) is 0.646. The Morgan fingerprint density at radius 1 is 1.08 bits per heavy atom. The molecular weight excluding hydrogens is 364 g/mol. The Morgan fingerprint density at radius 3 is 2.58 bits per heavy atom. The molecule has 3 nitrogen and oxygen atoms in total. The fraction of sp³-hybridized carbons (Fsp3) is 0.286. The van der Waals surface area contributed by atoms with E-state index in [2.05, 4.69) is 36.1 Å². The number of piperazine rings is 1. The Labute approximate surface area is 162 Å². The lowest BCUT2D eigenvalue weighted by molar-refractivity contribution is 0.0633. The van der Waals surface area contributed by atoms with Gasteiger partial charge in [0, 0.05) is 42.8 Å². The first kappa shape index (κ1) is 17.5. The van der Waals surface area contributed by atoms with E-state index in [1.807, 2.05) is 29.2 Å². The SMILES string of the molecule is Cc1cccc(CN2CCN(C(=O)c3sc4ccccc4c3Cl)CC2)c1. The molecule has 3 aromatic rings. The fourth-order valence-corrected chi connectivity index (χ4v) is 4.95. The van der Waals surface area contributed by atoms with E-state index in [-0.39, 0.29) is 5.91 Å². The second kappa shape index (κ2) is 7.39. The molecule has 2 heterocycles. The molecule has 1 amide bonds. The zero-order valence-corrected chi connectivity index (χ0v) is 16.3. The Hall–Kier alpha value is -1.88. The van der Waals surface area contributed by atoms with Crippen molar-refractivity contribution in [2.75, 3.05) is 26.2 Å². The van der Waals surface area contributed by atoms with Crippen molar-refractivity contribution in [3.8, 4) is 0 Å². The molecule has 0 aliphatic carbocycles. The summed E-state index contributed by atoms with van der Waals surface area (Å²) in [6, 6.07) is 16.6. The van der Waals surface area contributed by atoms with Crippen molar-refractivity contribution in [1.82, 2.24) is 9.80 Å². The average molecular weight is 385 g/mol. The first-order chi connectivity index (χ1) is 12.6. The summed E-state index contributed by atoms with van der Waals surface area (Å²) >= 11 is 7.97. The van der Waals surface area contributed by atoms with Crippen LogP contribution >= 0.6 is 22.9 Å². The molecule has 0 N–H and O–H groups in total. The van der Waals surface area contributed by atoms with Gasteiger partial charge in [0.25, 0.3) is 5.91 Å². The first-order valence-electron chi connectivity index (χ1n) is 8.86. The summed E-state index contributed by atoms with van der Waals surface area (Å²) in [6.07, 6.45) is 0. The number of hydrogen-bond acceptors (Lipinski definition) is 3. The lowest BCUT2D eigenvalue weighted by atomic mass is 10.1. The number of carbonyl (C=O) groups excluding carboxylic acids is 1. The van der Waals surface area contributed by atoms with E-state index in [9.17, 15) is 4.79 Å². The molecule has 1 aliphatic rings. The molecule has 1 saturated heterocycles. The predicted octanol–water partition coefficient (Wildman–Crippen LogP) is 4.82. The van der Waals surface area contributed by atoms with Crippen LogP contribution in [0.1, 0.15) is 20.8 Å². The Bertz CT molecular complexity index is 944. The van der Waals surface area contributed by atoms with Gasteiger partial charge in [0.2, 0.25) is 0 Å². The van der Waals surface area contributed by atoms with Gasteiger partial charge in [0.1, 0.15) is 4.88 Å². The van der Waals surface area contributed by atoms with Gasteiger partial charge in [0.05, 0.1) is 5.02 Å². The van der Waals surface area contributed by atoms with Gasteiger partial charge < -0.3 is 4.90 Å². The van der Waals surface area contributed by atoms with Crippen LogP contribution in [0.3, 0.4) is 0 Å². The minimum Gasteiger partial charge on any atom is -0.335 e. The van der Waals surface area contributed by atoms with Crippen LogP contribution in [0.5, 0.6) is 0 Å². The summed E-state index contributed by atoms with van der Waals surface area (Å²) in [7, 11) is 0. The molecule has 1 aliphatic heterocycles. The second-order valence-electron chi connectivity index (χ2n) is 6.80. The monoisotopic (exact) mass is 384 g/mol. The van der Waals surface area contributed by atoms with Crippen molar-refractivity contribution in [2.45, 2.75) is 13.5 Å². The molecule has 0 radical (unpaired) electrons. The third-order valence-electron chi connectivity index (χ3n) is 4.88. The van der Waals surface area contributed by atoms with Gasteiger partial charge in [-0.05, 0) is 18.6 Å². The van der Waals surface area contributed by atoms with Gasteiger partial charge in [0.15, 0.2) is 0 Å². The third-order valence-corrected chi connectivity index (χ3v) is 6.54. The van der Waals surface area contributed by atoms with E-state index in [0.717, 1.165) is 42.8 Å². The number of fused-ring (bicyclic) bond motifs is 1. The van der Waals surface area contributed by atoms with E-state index in [4.69, 9.17) is 11.6 Å². The number of nitrogens with zero attached hydrogens (tertiary/aromatic N) is 2. The summed E-state index contributed by atoms with van der Waals surface area (Å²) in [6.45, 7) is 6.33. The molecule has 0 spiro atoms. The molecular formula is C21H21ClN2OS. The highest BCUT2D eigenvalue weighted by molar-refractivity contribution is 7.21. The molecule has 0 atom stereocenters. The van der Waals surface area contributed by atoms with Gasteiger partial charge in [-0.1, -0.05) is 59.6 Å². The summed E-state index contributed by atoms with van der Waals surface area (Å²) in [5, 5.41) is 1.57. The Balaban J connectivity index is 1.42. The van der Waals surface area contributed by atoms with Crippen molar-refractivity contribution in [3.63, 3.8) is 0 Å². The lowest BCUT2D eigenvalue weighted by Crippen LogP contribution is -2.48. The number of amides is 1. The van der Waals surface area contributed by atoms with Gasteiger partial charge in [-0.3, -0.25) is 9.69 Å². The van der Waals surface area contributed by atoms with Crippen molar-refractivity contribution in [2.24, 2.45) is 0 Å². The van der Waals surface area contributed by atoms with Crippen molar-refractivity contribution in [3.05, 3.63) is 69.6 Å². The molecule has 1 aromatic heterocycles. The number of aryl methyl sites for hydroxylation is 1. The van der Waals surface area contributed by atoms with Crippen LogP contribution in [0.25, 0.3) is 10.1 Å². The van der Waals surface area contributed by atoms with Crippen LogP contribution in [0.15, 0.2) is 48.5 Å². The van der Waals surface area contributed by atoms with E-state index in [0.29, 0.717) is 9.90 Å². The molecule has 134 valence electrons. The Morgan fingerprint density at radius 2 is 1.85 bits per heavy atom. The van der Waals surface area contributed by atoms with Gasteiger partial charge in [-0.25, -0.2) is 0 Å². The third kappa shape index (κ3) is 3.50. The highest BCUT2D eigenvalue weighted by atomic mass is 35.5. The predicted molar refractivity (Wildman–Crippen MR) is 109 cm³/mol. The topological polar surface area (TPSA) is 23.6 Å². The highest BCUT2D eigenvalue weighted by Crippen LogP contribution is 2.36. The second-order valence-corrected chi connectivity index (χ2v) is 8.23. The fourth-order valence-electron chi connectivity index (χ4n) is 3.47. The van der Waals surface area contributed by atoms with Crippen LogP contribution in [-0.2, 0) is 6.54 Å². The number of carbonyl (C=O) groups is 1.